The molecule has 0 unspecified atom stereocenters. The van der Waals surface area contributed by atoms with Crippen LogP contribution in [0.1, 0.15) is 12.5 Å². The summed E-state index contributed by atoms with van der Waals surface area (Å²) in [6, 6.07) is 3.02. The van der Waals surface area contributed by atoms with Gasteiger partial charge in [0.15, 0.2) is 11.6 Å². The van der Waals surface area contributed by atoms with Crippen molar-refractivity contribution < 1.29 is 27.4 Å². The molecule has 1 aromatic carbocycles. The Morgan fingerprint density at radius 1 is 1.38 bits per heavy atom. The molecule has 89 valence electrons. The molecule has 1 radical (unpaired) electrons. The quantitative estimate of drug-likeness (QED) is 0.819. The molecule has 0 saturated carbocycles. The Kier molecular flexibility index (Phi) is 3.74. The van der Waals surface area contributed by atoms with Gasteiger partial charge in [-0.25, -0.2) is 4.39 Å². The molecular weight excluding hydrogens is 228 g/mol. The summed E-state index contributed by atoms with van der Waals surface area (Å²) in [6.07, 6.45) is -4.94. The van der Waals surface area contributed by atoms with Crippen LogP contribution in [0.25, 0.3) is 0 Å². The second kappa shape index (κ2) is 4.69. The number of hydrogen-bond acceptors (Lipinski definition) is 2. The normalized spacial score (nSPS) is 11.9. The number of ether oxygens (including phenoxy) is 1. The standard InChI is InChI=1S/C10H9F4O2/c1-6(5-15)7-2-3-8(11)9(4-7)16-10(12,13)14/h2-4,15H,5H2,1H3. The number of alkyl halides is 3. The number of rotatable bonds is 3. The van der Waals surface area contributed by atoms with Gasteiger partial charge in [-0.3, -0.25) is 0 Å². The van der Waals surface area contributed by atoms with E-state index in [1.165, 1.54) is 13.0 Å². The fourth-order valence-corrected chi connectivity index (χ4v) is 1.06. The molecule has 0 atom stereocenters. The van der Waals surface area contributed by atoms with E-state index in [0.717, 1.165) is 12.1 Å². The molecule has 0 amide bonds. The Labute approximate surface area is 89.5 Å². The van der Waals surface area contributed by atoms with Crippen LogP contribution in [-0.4, -0.2) is 18.1 Å². The molecule has 1 aromatic rings. The number of hydrogen-bond donors (Lipinski definition) is 1. The lowest BCUT2D eigenvalue weighted by Crippen LogP contribution is -2.18. The highest BCUT2D eigenvalue weighted by molar-refractivity contribution is 5.37. The van der Waals surface area contributed by atoms with Gasteiger partial charge in [0, 0.05) is 5.92 Å². The lowest BCUT2D eigenvalue weighted by molar-refractivity contribution is -0.275. The predicted molar refractivity (Wildman–Crippen MR) is 48.2 cm³/mol. The molecule has 1 rings (SSSR count). The summed E-state index contributed by atoms with van der Waals surface area (Å²) in [4.78, 5) is 0. The maximum atomic E-state index is 13.0. The molecule has 1 N–H and O–H groups in total. The van der Waals surface area contributed by atoms with Crippen LogP contribution >= 0.6 is 0 Å². The van der Waals surface area contributed by atoms with Crippen molar-refractivity contribution in [3.8, 4) is 5.75 Å². The van der Waals surface area contributed by atoms with E-state index in [9.17, 15) is 17.6 Å². The summed E-state index contributed by atoms with van der Waals surface area (Å²) >= 11 is 0. The molecule has 0 aromatic heterocycles. The topological polar surface area (TPSA) is 29.5 Å². The number of aliphatic hydroxyl groups excluding tert-OH is 1. The van der Waals surface area contributed by atoms with Crippen molar-refractivity contribution in [3.63, 3.8) is 0 Å². The summed E-state index contributed by atoms with van der Waals surface area (Å²) in [6.45, 7) is 1.20. The third-order valence-corrected chi connectivity index (χ3v) is 1.89. The van der Waals surface area contributed by atoms with Crippen molar-refractivity contribution in [2.45, 2.75) is 13.3 Å². The molecular formula is C10H9F4O2. The third-order valence-electron chi connectivity index (χ3n) is 1.89. The molecule has 0 aliphatic heterocycles. The zero-order valence-electron chi connectivity index (χ0n) is 8.31. The summed E-state index contributed by atoms with van der Waals surface area (Å²) < 4.78 is 52.1. The van der Waals surface area contributed by atoms with Gasteiger partial charge in [-0.15, -0.1) is 13.2 Å². The van der Waals surface area contributed by atoms with Gasteiger partial charge in [0.05, 0.1) is 6.61 Å². The minimum Gasteiger partial charge on any atom is -0.403 e. The van der Waals surface area contributed by atoms with E-state index < -0.39 is 17.9 Å². The zero-order chi connectivity index (χ0) is 12.3. The minimum atomic E-state index is -4.94. The average molecular weight is 237 g/mol. The van der Waals surface area contributed by atoms with Gasteiger partial charge in [-0.2, -0.15) is 0 Å². The molecule has 0 saturated heterocycles. The van der Waals surface area contributed by atoms with Gasteiger partial charge in [-0.05, 0) is 17.7 Å². The summed E-state index contributed by atoms with van der Waals surface area (Å²) in [7, 11) is 0. The Morgan fingerprint density at radius 2 is 2.00 bits per heavy atom. The van der Waals surface area contributed by atoms with Gasteiger partial charge in [0.2, 0.25) is 0 Å². The van der Waals surface area contributed by atoms with E-state index in [1.807, 2.05) is 0 Å². The first kappa shape index (κ1) is 12.8. The molecule has 0 bridgehead atoms. The van der Waals surface area contributed by atoms with E-state index in [2.05, 4.69) is 4.74 Å². The van der Waals surface area contributed by atoms with Crippen LogP contribution in [0.4, 0.5) is 17.6 Å². The van der Waals surface area contributed by atoms with Crippen molar-refractivity contribution in [3.05, 3.63) is 35.5 Å². The first-order valence-corrected chi connectivity index (χ1v) is 4.32. The second-order valence-corrected chi connectivity index (χ2v) is 3.13. The van der Waals surface area contributed by atoms with Crippen molar-refractivity contribution in [2.24, 2.45) is 0 Å². The SMILES string of the molecule is C[C](CO)c1ccc(F)c(OC(F)(F)F)c1. The third kappa shape index (κ3) is 3.37. The number of benzene rings is 1. The van der Waals surface area contributed by atoms with E-state index in [4.69, 9.17) is 5.11 Å². The number of halogens is 4. The number of aliphatic hydroxyl groups is 1. The van der Waals surface area contributed by atoms with E-state index in [-0.39, 0.29) is 6.61 Å². The average Bonchev–Trinajstić information content (AvgIpc) is 2.18. The van der Waals surface area contributed by atoms with Gasteiger partial charge in [0.1, 0.15) is 0 Å². The molecule has 0 spiro atoms. The first-order valence-electron chi connectivity index (χ1n) is 4.32. The summed E-state index contributed by atoms with van der Waals surface area (Å²) in [5, 5.41) is 8.79. The van der Waals surface area contributed by atoms with Crippen LogP contribution in [0.5, 0.6) is 5.75 Å². The Morgan fingerprint density at radius 3 is 2.50 bits per heavy atom. The van der Waals surface area contributed by atoms with Gasteiger partial charge >= 0.3 is 6.36 Å². The largest absolute Gasteiger partial charge is 0.573 e. The molecule has 6 heteroatoms. The lowest BCUT2D eigenvalue weighted by Gasteiger charge is -2.13. The Balaban J connectivity index is 2.99. The van der Waals surface area contributed by atoms with Crippen LogP contribution in [0.15, 0.2) is 18.2 Å². The fourth-order valence-electron chi connectivity index (χ4n) is 1.06. The smallest absolute Gasteiger partial charge is 0.403 e. The minimum absolute atomic E-state index is 0.295. The van der Waals surface area contributed by atoms with Crippen molar-refractivity contribution in [1.29, 1.82) is 0 Å². The molecule has 0 heterocycles. The van der Waals surface area contributed by atoms with Crippen LogP contribution in [0.3, 0.4) is 0 Å². The molecule has 0 fully saturated rings. The molecule has 16 heavy (non-hydrogen) atoms. The Hall–Kier alpha value is -1.30. The zero-order valence-corrected chi connectivity index (χ0v) is 8.31. The van der Waals surface area contributed by atoms with Crippen LogP contribution in [0, 0.1) is 11.7 Å². The van der Waals surface area contributed by atoms with Gasteiger partial charge in [0.25, 0.3) is 0 Å². The molecule has 0 aliphatic carbocycles. The van der Waals surface area contributed by atoms with Crippen molar-refractivity contribution in [2.75, 3.05) is 6.61 Å². The molecule has 0 aliphatic rings. The maximum absolute atomic E-state index is 13.0. The van der Waals surface area contributed by atoms with E-state index in [0.29, 0.717) is 11.5 Å². The highest BCUT2D eigenvalue weighted by atomic mass is 19.4. The molecule has 2 nitrogen and oxygen atoms in total. The Bertz CT molecular complexity index is 362. The maximum Gasteiger partial charge on any atom is 0.573 e. The summed E-state index contributed by atoms with van der Waals surface area (Å²) in [5.74, 6) is -1.59. The predicted octanol–water partition coefficient (Wildman–Crippen LogP) is 2.66. The highest BCUT2D eigenvalue weighted by Crippen LogP contribution is 2.28. The van der Waals surface area contributed by atoms with Crippen molar-refractivity contribution in [1.82, 2.24) is 0 Å². The van der Waals surface area contributed by atoms with Crippen LogP contribution in [0.2, 0.25) is 0 Å². The summed E-state index contributed by atoms with van der Waals surface area (Å²) in [5.41, 5.74) is 0.295. The highest BCUT2D eigenvalue weighted by Gasteiger charge is 2.32. The van der Waals surface area contributed by atoms with Crippen LogP contribution in [-0.2, 0) is 0 Å². The first-order chi connectivity index (χ1) is 7.33. The van der Waals surface area contributed by atoms with E-state index >= 15 is 0 Å². The lowest BCUT2D eigenvalue weighted by atomic mass is 10.0. The second-order valence-electron chi connectivity index (χ2n) is 3.13. The van der Waals surface area contributed by atoms with Gasteiger partial charge < -0.3 is 9.84 Å². The van der Waals surface area contributed by atoms with Crippen LogP contribution < -0.4 is 4.74 Å². The van der Waals surface area contributed by atoms with Gasteiger partial charge in [-0.1, -0.05) is 13.0 Å². The fraction of sp³-hybridized carbons (Fsp3) is 0.300. The van der Waals surface area contributed by atoms with Crippen molar-refractivity contribution >= 4 is 0 Å². The monoisotopic (exact) mass is 237 g/mol. The van der Waals surface area contributed by atoms with E-state index in [1.54, 1.807) is 0 Å².